The van der Waals surface area contributed by atoms with Crippen LogP contribution in [0.1, 0.15) is 18.4 Å². The maximum absolute atomic E-state index is 12.5. The molecule has 0 saturated heterocycles. The van der Waals surface area contributed by atoms with Gasteiger partial charge in [-0.1, -0.05) is 65.1 Å². The fourth-order valence-corrected chi connectivity index (χ4v) is 2.78. The van der Waals surface area contributed by atoms with Gasteiger partial charge in [-0.05, 0) is 18.1 Å². The molecular weight excluding hydrogens is 443 g/mol. The second-order valence-electron chi connectivity index (χ2n) is 5.88. The third-order valence-corrected chi connectivity index (χ3v) is 4.67. The number of amides is 2. The van der Waals surface area contributed by atoms with E-state index in [2.05, 4.69) is 5.32 Å². The number of rotatable bonds is 8. The first-order valence-corrected chi connectivity index (χ1v) is 9.51. The number of ether oxygens (including phenoxy) is 2. The van der Waals surface area contributed by atoms with Gasteiger partial charge in [0.05, 0.1) is 15.1 Å². The number of hydrogen-bond acceptors (Lipinski definition) is 5. The summed E-state index contributed by atoms with van der Waals surface area (Å²) >= 11 is 17.7. The first-order chi connectivity index (χ1) is 13.8. The highest BCUT2D eigenvalue weighted by molar-refractivity contribution is 6.43. The predicted octanol–water partition coefficient (Wildman–Crippen LogP) is 4.11. The Morgan fingerprint density at radius 3 is 2.31 bits per heavy atom. The van der Waals surface area contributed by atoms with Crippen molar-refractivity contribution in [3.8, 4) is 5.75 Å². The van der Waals surface area contributed by atoms with Gasteiger partial charge in [-0.2, -0.15) is 0 Å². The molecule has 0 aliphatic rings. The Morgan fingerprint density at radius 1 is 1.00 bits per heavy atom. The van der Waals surface area contributed by atoms with E-state index < -0.39 is 24.0 Å². The number of esters is 1. The average Bonchev–Trinajstić information content (AvgIpc) is 2.68. The molecule has 0 fully saturated rings. The van der Waals surface area contributed by atoms with E-state index >= 15 is 0 Å². The Bertz CT molecular complexity index is 893. The number of hydrogen-bond donors (Lipinski definition) is 2. The van der Waals surface area contributed by atoms with E-state index in [9.17, 15) is 14.4 Å². The van der Waals surface area contributed by atoms with Crippen molar-refractivity contribution < 1.29 is 23.9 Å². The highest BCUT2D eigenvalue weighted by Gasteiger charge is 2.25. The lowest BCUT2D eigenvalue weighted by atomic mass is 10.1. The molecule has 154 valence electrons. The van der Waals surface area contributed by atoms with Crippen LogP contribution >= 0.6 is 34.8 Å². The van der Waals surface area contributed by atoms with Crippen LogP contribution < -0.4 is 15.8 Å². The zero-order valence-electron chi connectivity index (χ0n) is 15.0. The molecular formula is C19H17Cl3N2O5. The molecule has 10 heteroatoms. The maximum Gasteiger partial charge on any atom is 0.408 e. The molecule has 0 radical (unpaired) electrons. The first kappa shape index (κ1) is 22.8. The molecule has 2 amide bonds. The highest BCUT2D eigenvalue weighted by Crippen LogP contribution is 2.34. The Labute approximate surface area is 182 Å². The molecule has 0 heterocycles. The van der Waals surface area contributed by atoms with Crippen molar-refractivity contribution in [1.82, 2.24) is 5.32 Å². The van der Waals surface area contributed by atoms with Crippen LogP contribution in [-0.2, 0) is 20.9 Å². The van der Waals surface area contributed by atoms with E-state index in [0.29, 0.717) is 0 Å². The van der Waals surface area contributed by atoms with Gasteiger partial charge in [0.15, 0.2) is 5.75 Å². The summed E-state index contributed by atoms with van der Waals surface area (Å²) in [5.41, 5.74) is 5.90. The lowest BCUT2D eigenvalue weighted by molar-refractivity contribution is -0.136. The minimum Gasteiger partial charge on any atom is -0.445 e. The quantitative estimate of drug-likeness (QED) is 0.351. The molecule has 7 nitrogen and oxygen atoms in total. The fraction of sp³-hybridized carbons (Fsp3) is 0.211. The van der Waals surface area contributed by atoms with Crippen molar-refractivity contribution >= 4 is 52.8 Å². The maximum atomic E-state index is 12.5. The molecule has 2 aromatic carbocycles. The van der Waals surface area contributed by atoms with Crippen molar-refractivity contribution in [2.75, 3.05) is 0 Å². The number of benzene rings is 2. The van der Waals surface area contributed by atoms with Gasteiger partial charge >= 0.3 is 12.1 Å². The molecule has 0 aliphatic heterocycles. The zero-order valence-corrected chi connectivity index (χ0v) is 17.3. The SMILES string of the molecule is NC(=O)CCC(NC(=O)OCc1ccccc1)C(=O)Oc1cc(Cl)c(Cl)cc1Cl. The Hall–Kier alpha value is -2.48. The fourth-order valence-electron chi connectivity index (χ4n) is 2.20. The molecule has 1 atom stereocenters. The summed E-state index contributed by atoms with van der Waals surface area (Å²) in [6, 6.07) is 10.4. The summed E-state index contributed by atoms with van der Waals surface area (Å²) in [4.78, 5) is 35.7. The molecule has 2 rings (SSSR count). The number of alkyl carbamates (subject to hydrolysis) is 1. The van der Waals surface area contributed by atoms with Crippen LogP contribution in [-0.4, -0.2) is 24.0 Å². The summed E-state index contributed by atoms with van der Waals surface area (Å²) in [6.45, 7) is 0.00286. The van der Waals surface area contributed by atoms with E-state index in [-0.39, 0.29) is 40.3 Å². The summed E-state index contributed by atoms with van der Waals surface area (Å²) < 4.78 is 10.3. The number of nitrogens with two attached hydrogens (primary N) is 1. The summed E-state index contributed by atoms with van der Waals surface area (Å²) in [5, 5.41) is 2.72. The van der Waals surface area contributed by atoms with Gasteiger partial charge in [0.2, 0.25) is 5.91 Å². The van der Waals surface area contributed by atoms with Crippen LogP contribution in [0.4, 0.5) is 4.79 Å². The van der Waals surface area contributed by atoms with Crippen LogP contribution in [0.25, 0.3) is 0 Å². The minimum atomic E-state index is -1.20. The third kappa shape index (κ3) is 7.45. The first-order valence-electron chi connectivity index (χ1n) is 8.38. The number of carbonyl (C=O) groups is 3. The Morgan fingerprint density at radius 2 is 1.66 bits per heavy atom. The van der Waals surface area contributed by atoms with E-state index in [1.165, 1.54) is 12.1 Å². The smallest absolute Gasteiger partial charge is 0.408 e. The van der Waals surface area contributed by atoms with E-state index in [1.807, 2.05) is 6.07 Å². The van der Waals surface area contributed by atoms with Crippen LogP contribution in [0.15, 0.2) is 42.5 Å². The molecule has 0 aliphatic carbocycles. The molecule has 3 N–H and O–H groups in total. The van der Waals surface area contributed by atoms with Gasteiger partial charge in [0.1, 0.15) is 12.6 Å². The number of nitrogens with one attached hydrogen (secondary N) is 1. The van der Waals surface area contributed by atoms with E-state index in [0.717, 1.165) is 5.56 Å². The van der Waals surface area contributed by atoms with Crippen LogP contribution in [0, 0.1) is 0 Å². The lowest BCUT2D eigenvalue weighted by Gasteiger charge is -2.17. The standard InChI is InChI=1S/C19H17Cl3N2O5/c20-12-8-14(22)16(9-13(12)21)29-18(26)15(6-7-17(23)25)24-19(27)28-10-11-4-2-1-3-5-11/h1-5,8-9,15H,6-7,10H2,(H2,23,25)(H,24,27). The summed E-state index contributed by atoms with van der Waals surface area (Å²) in [7, 11) is 0. The normalized spacial score (nSPS) is 11.4. The third-order valence-electron chi connectivity index (χ3n) is 3.65. The summed E-state index contributed by atoms with van der Waals surface area (Å²) in [6.07, 6.45) is -1.11. The van der Waals surface area contributed by atoms with E-state index in [4.69, 9.17) is 50.0 Å². The van der Waals surface area contributed by atoms with Gasteiger partial charge in [0, 0.05) is 12.5 Å². The van der Waals surface area contributed by atoms with Gasteiger partial charge in [0.25, 0.3) is 0 Å². The van der Waals surface area contributed by atoms with Gasteiger partial charge in [-0.15, -0.1) is 0 Å². The summed E-state index contributed by atoms with van der Waals surface area (Å²) in [5.74, 6) is -1.56. The van der Waals surface area contributed by atoms with Crippen LogP contribution in [0.3, 0.4) is 0 Å². The van der Waals surface area contributed by atoms with Crippen molar-refractivity contribution in [2.24, 2.45) is 5.73 Å². The second kappa shape index (κ2) is 10.9. The van der Waals surface area contributed by atoms with Crippen LogP contribution in [0.5, 0.6) is 5.75 Å². The molecule has 0 saturated carbocycles. The van der Waals surface area contributed by atoms with E-state index in [1.54, 1.807) is 24.3 Å². The molecule has 0 spiro atoms. The molecule has 0 bridgehead atoms. The second-order valence-corrected chi connectivity index (χ2v) is 7.10. The van der Waals surface area contributed by atoms with Crippen molar-refractivity contribution in [3.63, 3.8) is 0 Å². The minimum absolute atomic E-state index is 0.00286. The van der Waals surface area contributed by atoms with Gasteiger partial charge < -0.3 is 20.5 Å². The van der Waals surface area contributed by atoms with Gasteiger partial charge in [-0.3, -0.25) is 4.79 Å². The number of halogens is 3. The molecule has 2 aromatic rings. The topological polar surface area (TPSA) is 108 Å². The average molecular weight is 460 g/mol. The zero-order chi connectivity index (χ0) is 21.4. The monoisotopic (exact) mass is 458 g/mol. The number of carbonyl (C=O) groups excluding carboxylic acids is 3. The largest absolute Gasteiger partial charge is 0.445 e. The Kier molecular flexibility index (Phi) is 8.57. The Balaban J connectivity index is 2.04. The molecule has 29 heavy (non-hydrogen) atoms. The van der Waals surface area contributed by atoms with Crippen molar-refractivity contribution in [3.05, 3.63) is 63.1 Å². The number of primary amides is 1. The molecule has 0 aromatic heterocycles. The van der Waals surface area contributed by atoms with Crippen molar-refractivity contribution in [2.45, 2.75) is 25.5 Å². The highest BCUT2D eigenvalue weighted by atomic mass is 35.5. The van der Waals surface area contributed by atoms with Crippen molar-refractivity contribution in [1.29, 1.82) is 0 Å². The lowest BCUT2D eigenvalue weighted by Crippen LogP contribution is -2.43. The van der Waals surface area contributed by atoms with Crippen LogP contribution in [0.2, 0.25) is 15.1 Å². The predicted molar refractivity (Wildman–Crippen MR) is 109 cm³/mol. The van der Waals surface area contributed by atoms with Gasteiger partial charge in [-0.25, -0.2) is 9.59 Å². The molecule has 1 unspecified atom stereocenters.